The van der Waals surface area contributed by atoms with Crippen LogP contribution < -0.4 is 10.2 Å². The van der Waals surface area contributed by atoms with Gasteiger partial charge in [-0.1, -0.05) is 36.4 Å². The van der Waals surface area contributed by atoms with Gasteiger partial charge < -0.3 is 14.6 Å². The lowest BCUT2D eigenvalue weighted by molar-refractivity contribution is 0.0994. The molecule has 0 fully saturated rings. The van der Waals surface area contributed by atoms with Crippen LogP contribution in [0.2, 0.25) is 0 Å². The molecule has 1 N–H and O–H groups in total. The van der Waals surface area contributed by atoms with Crippen LogP contribution in [0.3, 0.4) is 0 Å². The van der Waals surface area contributed by atoms with E-state index in [1.165, 1.54) is 11.3 Å². The highest BCUT2D eigenvalue weighted by molar-refractivity contribution is 6.03. The highest BCUT2D eigenvalue weighted by Gasteiger charge is 2.21. The third-order valence-electron chi connectivity index (χ3n) is 4.72. The summed E-state index contributed by atoms with van der Waals surface area (Å²) in [6.45, 7) is 5.25. The van der Waals surface area contributed by atoms with Crippen molar-refractivity contribution in [1.29, 1.82) is 0 Å². The highest BCUT2D eigenvalue weighted by atomic mass is 16.4. The van der Waals surface area contributed by atoms with Gasteiger partial charge in [-0.2, -0.15) is 0 Å². The summed E-state index contributed by atoms with van der Waals surface area (Å²) in [6, 6.07) is 16.4. The standard InChI is InChI=1S/C21H21N3O2/c1-14-20(26-15(2)22-14)21(25)23-18-9-5-3-8-17(18)13-24-12-11-16-7-4-6-10-19(16)24/h3-10H,11-13H2,1-2H3,(H,23,25). The first-order chi connectivity index (χ1) is 12.6. The first kappa shape index (κ1) is 16.4. The Morgan fingerprint density at radius 1 is 1.15 bits per heavy atom. The fourth-order valence-corrected chi connectivity index (χ4v) is 3.48. The third kappa shape index (κ3) is 3.08. The van der Waals surface area contributed by atoms with Crippen LogP contribution in [0, 0.1) is 13.8 Å². The van der Waals surface area contributed by atoms with Crippen molar-refractivity contribution in [2.24, 2.45) is 0 Å². The Hall–Kier alpha value is -3.08. The van der Waals surface area contributed by atoms with E-state index in [4.69, 9.17) is 4.42 Å². The summed E-state index contributed by atoms with van der Waals surface area (Å²) in [5.41, 5.74) is 5.13. The number of aryl methyl sites for hydroxylation is 2. The van der Waals surface area contributed by atoms with Crippen molar-refractivity contribution in [2.75, 3.05) is 16.8 Å². The summed E-state index contributed by atoms with van der Waals surface area (Å²) in [5.74, 6) is 0.496. The minimum absolute atomic E-state index is 0.266. The Morgan fingerprint density at radius 3 is 2.73 bits per heavy atom. The molecule has 2 heterocycles. The van der Waals surface area contributed by atoms with Crippen molar-refractivity contribution >= 4 is 17.3 Å². The Balaban J connectivity index is 1.56. The van der Waals surface area contributed by atoms with Crippen LogP contribution in [0.25, 0.3) is 0 Å². The Morgan fingerprint density at radius 2 is 1.92 bits per heavy atom. The van der Waals surface area contributed by atoms with E-state index >= 15 is 0 Å². The second-order valence-electron chi connectivity index (χ2n) is 6.56. The van der Waals surface area contributed by atoms with Gasteiger partial charge in [0.05, 0.1) is 5.69 Å². The van der Waals surface area contributed by atoms with E-state index in [0.29, 0.717) is 11.6 Å². The van der Waals surface area contributed by atoms with E-state index in [2.05, 4.69) is 45.5 Å². The van der Waals surface area contributed by atoms with E-state index in [1.807, 2.05) is 18.2 Å². The van der Waals surface area contributed by atoms with Gasteiger partial charge in [0.1, 0.15) is 0 Å². The molecule has 0 saturated heterocycles. The van der Waals surface area contributed by atoms with Crippen LogP contribution in [0.4, 0.5) is 11.4 Å². The molecule has 0 bridgehead atoms. The largest absolute Gasteiger partial charge is 0.436 e. The van der Waals surface area contributed by atoms with Gasteiger partial charge in [-0.25, -0.2) is 4.98 Å². The van der Waals surface area contributed by atoms with Crippen molar-refractivity contribution in [3.05, 3.63) is 77.0 Å². The number of anilines is 2. The Bertz CT molecular complexity index is 961. The van der Waals surface area contributed by atoms with Gasteiger partial charge in [0, 0.05) is 31.4 Å². The zero-order valence-corrected chi connectivity index (χ0v) is 15.0. The summed E-state index contributed by atoms with van der Waals surface area (Å²) in [5, 5.41) is 2.98. The molecule has 5 heteroatoms. The van der Waals surface area contributed by atoms with E-state index in [0.717, 1.165) is 30.8 Å². The van der Waals surface area contributed by atoms with Gasteiger partial charge in [-0.05, 0) is 36.6 Å². The first-order valence-electron chi connectivity index (χ1n) is 8.78. The predicted molar refractivity (Wildman–Crippen MR) is 102 cm³/mol. The molecular formula is C21H21N3O2. The van der Waals surface area contributed by atoms with Crippen LogP contribution >= 0.6 is 0 Å². The highest BCUT2D eigenvalue weighted by Crippen LogP contribution is 2.30. The van der Waals surface area contributed by atoms with E-state index in [1.54, 1.807) is 13.8 Å². The molecule has 4 rings (SSSR count). The first-order valence-corrected chi connectivity index (χ1v) is 8.78. The third-order valence-corrected chi connectivity index (χ3v) is 4.72. The van der Waals surface area contributed by atoms with E-state index < -0.39 is 0 Å². The lowest BCUT2D eigenvalue weighted by Gasteiger charge is -2.21. The molecule has 26 heavy (non-hydrogen) atoms. The molecule has 1 aromatic heterocycles. The second-order valence-corrected chi connectivity index (χ2v) is 6.56. The number of oxazole rings is 1. The Labute approximate surface area is 152 Å². The van der Waals surface area contributed by atoms with Crippen LogP contribution in [0.1, 0.15) is 33.3 Å². The van der Waals surface area contributed by atoms with E-state index in [-0.39, 0.29) is 11.7 Å². The van der Waals surface area contributed by atoms with Crippen molar-refractivity contribution in [3.8, 4) is 0 Å². The predicted octanol–water partition coefficient (Wildman–Crippen LogP) is 4.11. The van der Waals surface area contributed by atoms with Crippen LogP contribution in [0.15, 0.2) is 52.9 Å². The number of aromatic nitrogens is 1. The van der Waals surface area contributed by atoms with Gasteiger partial charge in [0.25, 0.3) is 5.91 Å². The van der Waals surface area contributed by atoms with Gasteiger partial charge >= 0.3 is 0 Å². The number of carbonyl (C=O) groups excluding carboxylic acids is 1. The Kier molecular flexibility index (Phi) is 4.21. The second kappa shape index (κ2) is 6.67. The number of amides is 1. The zero-order valence-electron chi connectivity index (χ0n) is 15.0. The lowest BCUT2D eigenvalue weighted by Crippen LogP contribution is -2.21. The molecule has 132 valence electrons. The average molecular weight is 347 g/mol. The number of fused-ring (bicyclic) bond motifs is 1. The molecule has 0 spiro atoms. The number of hydrogen-bond donors (Lipinski definition) is 1. The maximum Gasteiger partial charge on any atom is 0.293 e. The molecule has 2 aromatic carbocycles. The maximum atomic E-state index is 12.6. The molecule has 0 radical (unpaired) electrons. The molecule has 0 atom stereocenters. The fraction of sp³-hybridized carbons (Fsp3) is 0.238. The summed E-state index contributed by atoms with van der Waals surface area (Å²) in [7, 11) is 0. The molecule has 3 aromatic rings. The van der Waals surface area contributed by atoms with Gasteiger partial charge in [-0.15, -0.1) is 0 Å². The molecule has 1 amide bonds. The average Bonchev–Trinajstić information content (AvgIpc) is 3.19. The van der Waals surface area contributed by atoms with Gasteiger partial charge in [0.15, 0.2) is 5.89 Å². The SMILES string of the molecule is Cc1nc(C)c(C(=O)Nc2ccccc2CN2CCc3ccccc32)o1. The molecule has 0 unspecified atom stereocenters. The number of nitrogens with zero attached hydrogens (tertiary/aromatic N) is 2. The van der Waals surface area contributed by atoms with Crippen LogP contribution in [0.5, 0.6) is 0 Å². The van der Waals surface area contributed by atoms with Gasteiger partial charge in [0.2, 0.25) is 5.76 Å². The molecule has 1 aliphatic rings. The number of para-hydroxylation sites is 2. The number of carbonyl (C=O) groups is 1. The number of rotatable bonds is 4. The smallest absolute Gasteiger partial charge is 0.293 e. The monoisotopic (exact) mass is 347 g/mol. The van der Waals surface area contributed by atoms with Crippen molar-refractivity contribution < 1.29 is 9.21 Å². The molecule has 5 nitrogen and oxygen atoms in total. The topological polar surface area (TPSA) is 58.4 Å². The summed E-state index contributed by atoms with van der Waals surface area (Å²) in [4.78, 5) is 19.1. The molecular weight excluding hydrogens is 326 g/mol. The number of nitrogens with one attached hydrogen (secondary N) is 1. The van der Waals surface area contributed by atoms with E-state index in [9.17, 15) is 4.79 Å². The van der Waals surface area contributed by atoms with Crippen LogP contribution in [-0.4, -0.2) is 17.4 Å². The molecule has 1 aliphatic heterocycles. The zero-order chi connectivity index (χ0) is 18.1. The van der Waals surface area contributed by atoms with Crippen molar-refractivity contribution in [3.63, 3.8) is 0 Å². The maximum absolute atomic E-state index is 12.6. The quantitative estimate of drug-likeness (QED) is 0.772. The fourth-order valence-electron chi connectivity index (χ4n) is 3.48. The van der Waals surface area contributed by atoms with Crippen molar-refractivity contribution in [2.45, 2.75) is 26.8 Å². The number of benzene rings is 2. The lowest BCUT2D eigenvalue weighted by atomic mass is 10.1. The molecule has 0 saturated carbocycles. The summed E-state index contributed by atoms with van der Waals surface area (Å²) in [6.07, 6.45) is 1.06. The van der Waals surface area contributed by atoms with Gasteiger partial charge in [-0.3, -0.25) is 4.79 Å². The normalized spacial score (nSPS) is 12.9. The minimum Gasteiger partial charge on any atom is -0.436 e. The minimum atomic E-state index is -0.266. The molecule has 0 aliphatic carbocycles. The summed E-state index contributed by atoms with van der Waals surface area (Å²) < 4.78 is 5.43. The van der Waals surface area contributed by atoms with Crippen LogP contribution in [-0.2, 0) is 13.0 Å². The van der Waals surface area contributed by atoms with Crippen molar-refractivity contribution in [1.82, 2.24) is 4.98 Å². The summed E-state index contributed by atoms with van der Waals surface area (Å²) >= 11 is 0. The number of hydrogen-bond acceptors (Lipinski definition) is 4.